The molecule has 5 aromatic rings. The van der Waals surface area contributed by atoms with Crippen molar-refractivity contribution in [2.75, 3.05) is 0 Å². The quantitative estimate of drug-likeness (QED) is 0.269. The van der Waals surface area contributed by atoms with Gasteiger partial charge in [-0.2, -0.15) is 0 Å². The number of hydrogen-bond acceptors (Lipinski definition) is 0. The molecule has 1 unspecified atom stereocenters. The Morgan fingerprint density at radius 3 is 2.23 bits per heavy atom. The first kappa shape index (κ1) is 16.4. The Bertz CT molecular complexity index is 1500. The molecule has 7 rings (SSSR count). The van der Waals surface area contributed by atoms with Crippen molar-refractivity contribution in [3.8, 4) is 22.3 Å². The van der Waals surface area contributed by atoms with E-state index in [1.54, 1.807) is 5.56 Å². The fourth-order valence-electron chi connectivity index (χ4n) is 6.20. The van der Waals surface area contributed by atoms with Gasteiger partial charge in [-0.3, -0.25) is 0 Å². The predicted molar refractivity (Wildman–Crippen MR) is 127 cm³/mol. The highest BCUT2D eigenvalue weighted by molar-refractivity contribution is 6.10. The molecule has 0 saturated heterocycles. The van der Waals surface area contributed by atoms with E-state index in [2.05, 4.69) is 91.9 Å². The Balaban J connectivity index is 1.69. The van der Waals surface area contributed by atoms with Crippen molar-refractivity contribution in [1.29, 1.82) is 0 Å². The highest BCUT2D eigenvalue weighted by atomic mass is 14.4. The highest BCUT2D eigenvalue weighted by Gasteiger charge is 2.36. The fourth-order valence-corrected chi connectivity index (χ4v) is 6.20. The summed E-state index contributed by atoms with van der Waals surface area (Å²) in [6.07, 6.45) is 2.16. The first-order valence-electron chi connectivity index (χ1n) is 11.0. The normalized spacial score (nSPS) is 15.8. The second-order valence-corrected chi connectivity index (χ2v) is 8.73. The Hall–Kier alpha value is -3.38. The van der Waals surface area contributed by atoms with E-state index < -0.39 is 0 Å². The van der Waals surface area contributed by atoms with E-state index >= 15 is 0 Å². The lowest BCUT2D eigenvalue weighted by Gasteiger charge is -2.17. The molecule has 0 N–H and O–H groups in total. The second kappa shape index (κ2) is 5.83. The van der Waals surface area contributed by atoms with Gasteiger partial charge < -0.3 is 0 Å². The van der Waals surface area contributed by atoms with Crippen molar-refractivity contribution in [2.45, 2.75) is 25.7 Å². The summed E-state index contributed by atoms with van der Waals surface area (Å²) in [7, 11) is 0. The molecule has 0 heteroatoms. The molecule has 0 fully saturated rings. The molecule has 0 heterocycles. The number of benzene rings is 5. The van der Waals surface area contributed by atoms with Gasteiger partial charge in [0.05, 0.1) is 0 Å². The maximum absolute atomic E-state index is 2.38. The maximum atomic E-state index is 2.38. The maximum Gasteiger partial charge on any atom is 0.0105 e. The average Bonchev–Trinajstić information content (AvgIpc) is 3.35. The first-order valence-corrected chi connectivity index (χ1v) is 11.0. The van der Waals surface area contributed by atoms with Gasteiger partial charge in [-0.1, -0.05) is 91.9 Å². The molecule has 142 valence electrons. The molecule has 30 heavy (non-hydrogen) atoms. The predicted octanol–water partition coefficient (Wildman–Crippen LogP) is 8.09. The van der Waals surface area contributed by atoms with Crippen LogP contribution in [0.25, 0.3) is 43.8 Å². The van der Waals surface area contributed by atoms with Crippen LogP contribution in [-0.2, 0) is 6.42 Å². The zero-order chi connectivity index (χ0) is 19.8. The molecule has 0 radical (unpaired) electrons. The van der Waals surface area contributed by atoms with Gasteiger partial charge in [0.2, 0.25) is 0 Å². The van der Waals surface area contributed by atoms with Crippen LogP contribution in [0, 0.1) is 0 Å². The summed E-state index contributed by atoms with van der Waals surface area (Å²) in [5.74, 6) is 0.482. The molecule has 0 nitrogen and oxygen atoms in total. The van der Waals surface area contributed by atoms with Crippen LogP contribution in [0.15, 0.2) is 84.9 Å². The van der Waals surface area contributed by atoms with Crippen LogP contribution >= 0.6 is 0 Å². The molecule has 1 atom stereocenters. The van der Waals surface area contributed by atoms with Gasteiger partial charge in [0.25, 0.3) is 0 Å². The van der Waals surface area contributed by atoms with Gasteiger partial charge in [-0.05, 0) is 78.9 Å². The molecule has 0 aromatic heterocycles. The van der Waals surface area contributed by atoms with Crippen LogP contribution in [0.4, 0.5) is 0 Å². The number of rotatable bonds is 1. The molecular weight excluding hydrogens is 360 g/mol. The van der Waals surface area contributed by atoms with Crippen LogP contribution < -0.4 is 0 Å². The van der Waals surface area contributed by atoms with E-state index in [1.165, 1.54) is 60.5 Å². The summed E-state index contributed by atoms with van der Waals surface area (Å²) in [4.78, 5) is 0. The summed E-state index contributed by atoms with van der Waals surface area (Å²) >= 11 is 0. The third-order valence-electron chi connectivity index (χ3n) is 7.39. The lowest BCUT2D eigenvalue weighted by Crippen LogP contribution is -1.97. The van der Waals surface area contributed by atoms with Crippen molar-refractivity contribution in [1.82, 2.24) is 0 Å². The SMILES string of the molecule is CCC1c2ccccc2-c2c3c(c4ccccc4c21)Cc1c-3ccc2ccccc12. The third-order valence-corrected chi connectivity index (χ3v) is 7.39. The molecule has 2 aliphatic rings. The summed E-state index contributed by atoms with van der Waals surface area (Å²) in [6.45, 7) is 2.33. The first-order chi connectivity index (χ1) is 14.9. The Morgan fingerprint density at radius 2 is 1.37 bits per heavy atom. The van der Waals surface area contributed by atoms with Gasteiger partial charge in [0.1, 0.15) is 0 Å². The minimum Gasteiger partial charge on any atom is -0.0645 e. The van der Waals surface area contributed by atoms with Crippen molar-refractivity contribution < 1.29 is 0 Å². The Labute approximate surface area is 176 Å². The topological polar surface area (TPSA) is 0 Å². The molecule has 0 saturated carbocycles. The minimum atomic E-state index is 0.482. The number of hydrogen-bond donors (Lipinski definition) is 0. The van der Waals surface area contributed by atoms with Crippen LogP contribution in [0.5, 0.6) is 0 Å². The standard InChI is InChI=1S/C30H22/c1-2-19-21-11-5-8-14-24(21)30-28(19)23-13-7-6-12-22(23)27-17-26-20-10-4-3-9-18(20)15-16-25(26)29(27)30/h3-16,19H,2,17H2,1H3. The zero-order valence-electron chi connectivity index (χ0n) is 17.1. The molecule has 0 bridgehead atoms. The van der Waals surface area contributed by atoms with E-state index in [-0.39, 0.29) is 0 Å². The average molecular weight is 383 g/mol. The minimum absolute atomic E-state index is 0.482. The van der Waals surface area contributed by atoms with E-state index in [1.807, 2.05) is 0 Å². The Morgan fingerprint density at radius 1 is 0.633 bits per heavy atom. The van der Waals surface area contributed by atoms with Crippen molar-refractivity contribution in [3.05, 3.63) is 107 Å². The monoisotopic (exact) mass is 382 g/mol. The molecule has 0 amide bonds. The zero-order valence-corrected chi connectivity index (χ0v) is 17.1. The summed E-state index contributed by atoms with van der Waals surface area (Å²) < 4.78 is 0. The van der Waals surface area contributed by atoms with Gasteiger partial charge in [0.15, 0.2) is 0 Å². The lowest BCUT2D eigenvalue weighted by molar-refractivity contribution is 0.803. The molecule has 2 aliphatic carbocycles. The number of fused-ring (bicyclic) bond motifs is 12. The summed E-state index contributed by atoms with van der Waals surface area (Å²) in [5.41, 5.74) is 11.9. The van der Waals surface area contributed by atoms with E-state index in [0.29, 0.717) is 5.92 Å². The van der Waals surface area contributed by atoms with Crippen molar-refractivity contribution in [2.24, 2.45) is 0 Å². The molecule has 0 spiro atoms. The summed E-state index contributed by atoms with van der Waals surface area (Å²) in [6, 6.07) is 31.8. The third kappa shape index (κ3) is 1.92. The Kier molecular flexibility index (Phi) is 3.19. The van der Waals surface area contributed by atoms with E-state index in [9.17, 15) is 0 Å². The molecule has 0 aliphatic heterocycles. The van der Waals surface area contributed by atoms with Crippen molar-refractivity contribution >= 4 is 21.5 Å². The van der Waals surface area contributed by atoms with E-state index in [4.69, 9.17) is 0 Å². The smallest absolute Gasteiger partial charge is 0.0105 e. The molecule has 5 aromatic carbocycles. The summed E-state index contributed by atoms with van der Waals surface area (Å²) in [5, 5.41) is 5.64. The largest absolute Gasteiger partial charge is 0.0645 e. The van der Waals surface area contributed by atoms with Crippen LogP contribution in [0.1, 0.15) is 41.5 Å². The van der Waals surface area contributed by atoms with Crippen molar-refractivity contribution in [3.63, 3.8) is 0 Å². The highest BCUT2D eigenvalue weighted by Crippen LogP contribution is 2.57. The van der Waals surface area contributed by atoms with Crippen LogP contribution in [0.2, 0.25) is 0 Å². The van der Waals surface area contributed by atoms with Crippen LogP contribution in [0.3, 0.4) is 0 Å². The van der Waals surface area contributed by atoms with Gasteiger partial charge in [-0.25, -0.2) is 0 Å². The fraction of sp³-hybridized carbons (Fsp3) is 0.133. The molecular formula is C30H22. The van der Waals surface area contributed by atoms with Crippen LogP contribution in [-0.4, -0.2) is 0 Å². The van der Waals surface area contributed by atoms with Gasteiger partial charge in [0, 0.05) is 5.92 Å². The van der Waals surface area contributed by atoms with E-state index in [0.717, 1.165) is 12.8 Å². The lowest BCUT2D eigenvalue weighted by atomic mass is 9.85. The van der Waals surface area contributed by atoms with Gasteiger partial charge >= 0.3 is 0 Å². The second-order valence-electron chi connectivity index (χ2n) is 8.73. The van der Waals surface area contributed by atoms with Gasteiger partial charge in [-0.15, -0.1) is 0 Å².